The van der Waals surface area contributed by atoms with Gasteiger partial charge in [0, 0.05) is 32.6 Å². The van der Waals surface area contributed by atoms with E-state index in [-0.39, 0.29) is 5.91 Å². The molecule has 1 aromatic rings. The lowest BCUT2D eigenvalue weighted by Crippen LogP contribution is -2.37. The summed E-state index contributed by atoms with van der Waals surface area (Å²) in [5.41, 5.74) is 1.69. The molecule has 1 aliphatic rings. The summed E-state index contributed by atoms with van der Waals surface area (Å²) in [6.07, 6.45) is 1.19. The minimum absolute atomic E-state index is 0.121. The standard InChI is InChI=1S/C18H28N2O3S/c1-14(2)12-18(21)19-8-5-9-20(11-10-19)24(22,23)17-13-15(3)6-7-16(17)4/h6-7,13-14H,5,8-12H2,1-4H3. The van der Waals surface area contributed by atoms with Crippen LogP contribution in [0.15, 0.2) is 23.1 Å². The predicted octanol–water partition coefficient (Wildman–Crippen LogP) is 2.57. The third-order valence-corrected chi connectivity index (χ3v) is 6.39. The first-order chi connectivity index (χ1) is 11.2. The fraction of sp³-hybridized carbons (Fsp3) is 0.611. The molecule has 1 fully saturated rings. The number of hydrogen-bond donors (Lipinski definition) is 0. The van der Waals surface area contributed by atoms with Crippen LogP contribution in [0.4, 0.5) is 0 Å². The number of carbonyl (C=O) groups excluding carboxylic acids is 1. The normalized spacial score (nSPS) is 17.1. The van der Waals surface area contributed by atoms with Gasteiger partial charge in [-0.05, 0) is 43.4 Å². The van der Waals surface area contributed by atoms with Gasteiger partial charge >= 0.3 is 0 Å². The summed E-state index contributed by atoms with van der Waals surface area (Å²) >= 11 is 0. The van der Waals surface area contributed by atoms with E-state index in [1.807, 2.05) is 39.8 Å². The molecule has 0 saturated carbocycles. The maximum Gasteiger partial charge on any atom is 0.243 e. The summed E-state index contributed by atoms with van der Waals surface area (Å²) in [6.45, 7) is 9.68. The maximum atomic E-state index is 13.0. The van der Waals surface area contributed by atoms with Gasteiger partial charge in [0.2, 0.25) is 15.9 Å². The Morgan fingerprint density at radius 1 is 1.12 bits per heavy atom. The van der Waals surface area contributed by atoms with Gasteiger partial charge < -0.3 is 4.90 Å². The van der Waals surface area contributed by atoms with E-state index in [4.69, 9.17) is 0 Å². The monoisotopic (exact) mass is 352 g/mol. The Morgan fingerprint density at radius 2 is 1.83 bits per heavy atom. The lowest BCUT2D eigenvalue weighted by Gasteiger charge is -2.23. The Bertz CT molecular complexity index is 698. The first kappa shape index (κ1) is 18.9. The highest BCUT2D eigenvalue weighted by molar-refractivity contribution is 7.89. The minimum atomic E-state index is -3.52. The molecule has 0 unspecified atom stereocenters. The van der Waals surface area contributed by atoms with Crippen molar-refractivity contribution in [2.75, 3.05) is 26.2 Å². The SMILES string of the molecule is Cc1ccc(C)c(S(=O)(=O)N2CCCN(C(=O)CC(C)C)CC2)c1. The van der Waals surface area contributed by atoms with E-state index >= 15 is 0 Å². The van der Waals surface area contributed by atoms with Crippen molar-refractivity contribution >= 4 is 15.9 Å². The van der Waals surface area contributed by atoms with Crippen molar-refractivity contribution in [3.05, 3.63) is 29.3 Å². The Labute approximate surface area is 145 Å². The summed E-state index contributed by atoms with van der Waals surface area (Å²) in [4.78, 5) is 14.4. The molecule has 0 spiro atoms. The molecule has 0 atom stereocenters. The molecule has 1 aromatic carbocycles. The molecule has 1 amide bonds. The molecule has 2 rings (SSSR count). The van der Waals surface area contributed by atoms with Gasteiger partial charge in [-0.3, -0.25) is 4.79 Å². The van der Waals surface area contributed by atoms with Crippen LogP contribution in [0.25, 0.3) is 0 Å². The third-order valence-electron chi connectivity index (χ3n) is 4.35. The molecule has 134 valence electrons. The topological polar surface area (TPSA) is 57.7 Å². The number of aryl methyl sites for hydroxylation is 2. The molecule has 0 aromatic heterocycles. The van der Waals surface area contributed by atoms with E-state index in [1.54, 1.807) is 11.0 Å². The molecule has 5 nitrogen and oxygen atoms in total. The van der Waals surface area contributed by atoms with E-state index in [0.717, 1.165) is 11.1 Å². The van der Waals surface area contributed by atoms with Crippen LogP contribution < -0.4 is 0 Å². The highest BCUT2D eigenvalue weighted by atomic mass is 32.2. The number of rotatable bonds is 4. The van der Waals surface area contributed by atoms with Gasteiger partial charge in [0.15, 0.2) is 0 Å². The smallest absolute Gasteiger partial charge is 0.243 e. The first-order valence-corrected chi connectivity index (χ1v) is 10.0. The zero-order valence-corrected chi connectivity index (χ0v) is 15.9. The molecule has 1 aliphatic heterocycles. The van der Waals surface area contributed by atoms with E-state index in [2.05, 4.69) is 0 Å². The predicted molar refractivity (Wildman–Crippen MR) is 95.3 cm³/mol. The van der Waals surface area contributed by atoms with Gasteiger partial charge in [-0.25, -0.2) is 8.42 Å². The van der Waals surface area contributed by atoms with Gasteiger partial charge in [0.05, 0.1) is 4.90 Å². The fourth-order valence-corrected chi connectivity index (χ4v) is 4.77. The highest BCUT2D eigenvalue weighted by Crippen LogP contribution is 2.22. The second-order valence-corrected chi connectivity index (χ2v) is 8.91. The van der Waals surface area contributed by atoms with Crippen LogP contribution >= 0.6 is 0 Å². The summed E-state index contributed by atoms with van der Waals surface area (Å²) in [5, 5.41) is 0. The average molecular weight is 353 g/mol. The number of benzene rings is 1. The van der Waals surface area contributed by atoms with Crippen LogP contribution in [-0.4, -0.2) is 49.7 Å². The van der Waals surface area contributed by atoms with Crippen LogP contribution in [-0.2, 0) is 14.8 Å². The quantitative estimate of drug-likeness (QED) is 0.837. The first-order valence-electron chi connectivity index (χ1n) is 8.57. The van der Waals surface area contributed by atoms with Gasteiger partial charge in [0.1, 0.15) is 0 Å². The summed E-state index contributed by atoms with van der Waals surface area (Å²) < 4.78 is 27.5. The lowest BCUT2D eigenvalue weighted by atomic mass is 10.1. The van der Waals surface area contributed by atoms with Gasteiger partial charge in [-0.2, -0.15) is 4.31 Å². The Kier molecular flexibility index (Phi) is 6.04. The molecule has 0 N–H and O–H groups in total. The lowest BCUT2D eigenvalue weighted by molar-refractivity contribution is -0.131. The van der Waals surface area contributed by atoms with Crippen molar-refractivity contribution in [2.45, 2.75) is 45.4 Å². The van der Waals surface area contributed by atoms with Crippen molar-refractivity contribution < 1.29 is 13.2 Å². The van der Waals surface area contributed by atoms with Crippen molar-refractivity contribution in [3.63, 3.8) is 0 Å². The minimum Gasteiger partial charge on any atom is -0.341 e. The van der Waals surface area contributed by atoms with Crippen LogP contribution in [0.2, 0.25) is 0 Å². The second-order valence-electron chi connectivity index (χ2n) is 7.01. The largest absolute Gasteiger partial charge is 0.341 e. The Morgan fingerprint density at radius 3 is 2.50 bits per heavy atom. The van der Waals surface area contributed by atoms with Crippen molar-refractivity contribution in [1.82, 2.24) is 9.21 Å². The highest BCUT2D eigenvalue weighted by Gasteiger charge is 2.29. The summed E-state index contributed by atoms with van der Waals surface area (Å²) in [7, 11) is -3.52. The zero-order chi connectivity index (χ0) is 17.9. The van der Waals surface area contributed by atoms with Crippen LogP contribution in [0, 0.1) is 19.8 Å². The molecule has 0 radical (unpaired) electrons. The number of carbonyl (C=O) groups is 1. The average Bonchev–Trinajstić information content (AvgIpc) is 2.75. The Hall–Kier alpha value is -1.40. The molecular formula is C18H28N2O3S. The summed E-state index contributed by atoms with van der Waals surface area (Å²) in [6, 6.07) is 5.50. The molecule has 24 heavy (non-hydrogen) atoms. The van der Waals surface area contributed by atoms with Gasteiger partial charge in [0.25, 0.3) is 0 Å². The van der Waals surface area contributed by atoms with Crippen LogP contribution in [0.5, 0.6) is 0 Å². The maximum absolute atomic E-state index is 13.0. The van der Waals surface area contributed by atoms with Gasteiger partial charge in [-0.15, -0.1) is 0 Å². The van der Waals surface area contributed by atoms with Gasteiger partial charge in [-0.1, -0.05) is 26.0 Å². The fourth-order valence-electron chi connectivity index (χ4n) is 2.99. The van der Waals surface area contributed by atoms with Crippen molar-refractivity contribution in [2.24, 2.45) is 5.92 Å². The van der Waals surface area contributed by atoms with Crippen LogP contribution in [0.3, 0.4) is 0 Å². The Balaban J connectivity index is 2.15. The van der Waals surface area contributed by atoms with E-state index in [1.165, 1.54) is 4.31 Å². The number of nitrogens with zero attached hydrogens (tertiary/aromatic N) is 2. The number of hydrogen-bond acceptors (Lipinski definition) is 3. The molecule has 0 bridgehead atoms. The zero-order valence-electron chi connectivity index (χ0n) is 15.1. The second kappa shape index (κ2) is 7.66. The molecule has 1 saturated heterocycles. The van der Waals surface area contributed by atoms with Crippen LogP contribution in [0.1, 0.15) is 37.8 Å². The number of sulfonamides is 1. The molecular weight excluding hydrogens is 324 g/mol. The third kappa shape index (κ3) is 4.36. The van der Waals surface area contributed by atoms with E-state index < -0.39 is 10.0 Å². The van der Waals surface area contributed by atoms with E-state index in [0.29, 0.717) is 49.8 Å². The molecule has 0 aliphatic carbocycles. The van der Waals surface area contributed by atoms with Crippen molar-refractivity contribution in [1.29, 1.82) is 0 Å². The van der Waals surface area contributed by atoms with E-state index in [9.17, 15) is 13.2 Å². The molecule has 6 heteroatoms. The number of amides is 1. The van der Waals surface area contributed by atoms with Crippen molar-refractivity contribution in [3.8, 4) is 0 Å². The summed E-state index contributed by atoms with van der Waals surface area (Å²) in [5.74, 6) is 0.437. The molecule has 1 heterocycles.